The molecule has 0 aliphatic carbocycles. The maximum Gasteiger partial charge on any atom is 0.225 e. The first kappa shape index (κ1) is 21.7. The van der Waals surface area contributed by atoms with Crippen molar-refractivity contribution in [3.63, 3.8) is 0 Å². The summed E-state index contributed by atoms with van der Waals surface area (Å²) in [5, 5.41) is 4.85. The van der Waals surface area contributed by atoms with E-state index in [0.717, 1.165) is 10.5 Å². The molecule has 6 nitrogen and oxygen atoms in total. The zero-order chi connectivity index (χ0) is 21.2. The van der Waals surface area contributed by atoms with Gasteiger partial charge in [-0.2, -0.15) is 0 Å². The van der Waals surface area contributed by atoms with Crippen molar-refractivity contribution in [1.29, 1.82) is 0 Å². The average Bonchev–Trinajstić information content (AvgIpc) is 2.83. The fourth-order valence-electron chi connectivity index (χ4n) is 2.90. The van der Waals surface area contributed by atoms with Crippen LogP contribution in [0.4, 0.5) is 11.4 Å². The number of carbonyl (C=O) groups is 2. The van der Waals surface area contributed by atoms with E-state index in [1.807, 2.05) is 13.0 Å². The summed E-state index contributed by atoms with van der Waals surface area (Å²) >= 11 is 7.62. The number of thioether (sulfide) groups is 1. The molecule has 29 heavy (non-hydrogen) atoms. The molecular formula is C20H21ClN2O4S2. The second kappa shape index (κ2) is 8.77. The van der Waals surface area contributed by atoms with E-state index in [9.17, 15) is 18.0 Å². The van der Waals surface area contributed by atoms with Crippen LogP contribution in [0.1, 0.15) is 25.3 Å². The van der Waals surface area contributed by atoms with Crippen molar-refractivity contribution >= 4 is 56.4 Å². The first-order valence-corrected chi connectivity index (χ1v) is 11.9. The topological polar surface area (TPSA) is 92.3 Å². The van der Waals surface area contributed by atoms with Gasteiger partial charge in [0.15, 0.2) is 9.84 Å². The molecule has 1 aliphatic rings. The van der Waals surface area contributed by atoms with Gasteiger partial charge < -0.3 is 10.6 Å². The molecule has 2 aromatic rings. The molecule has 154 valence electrons. The lowest BCUT2D eigenvalue weighted by molar-refractivity contribution is -0.116. The predicted octanol–water partition coefficient (Wildman–Crippen LogP) is 4.27. The van der Waals surface area contributed by atoms with E-state index >= 15 is 0 Å². The molecule has 1 atom stereocenters. The maximum atomic E-state index is 13.0. The van der Waals surface area contributed by atoms with Crippen molar-refractivity contribution in [3.8, 4) is 0 Å². The number of benzene rings is 2. The molecule has 0 aromatic heterocycles. The van der Waals surface area contributed by atoms with Crippen LogP contribution in [0, 0.1) is 6.92 Å². The van der Waals surface area contributed by atoms with Crippen LogP contribution in [0.15, 0.2) is 46.2 Å². The first-order chi connectivity index (χ1) is 13.7. The van der Waals surface area contributed by atoms with Gasteiger partial charge in [0.2, 0.25) is 11.8 Å². The van der Waals surface area contributed by atoms with E-state index in [4.69, 9.17) is 11.6 Å². The molecule has 0 saturated heterocycles. The first-order valence-electron chi connectivity index (χ1n) is 9.03. The Morgan fingerprint density at radius 1 is 1.28 bits per heavy atom. The summed E-state index contributed by atoms with van der Waals surface area (Å²) in [6.45, 7) is 3.37. The Morgan fingerprint density at radius 2 is 2.03 bits per heavy atom. The zero-order valence-electron chi connectivity index (χ0n) is 16.0. The zero-order valence-corrected chi connectivity index (χ0v) is 18.4. The fraction of sp³-hybridized carbons (Fsp3) is 0.300. The Morgan fingerprint density at radius 3 is 2.76 bits per heavy atom. The second-order valence-electron chi connectivity index (χ2n) is 6.90. The summed E-state index contributed by atoms with van der Waals surface area (Å²) < 4.78 is 25.9. The quantitative estimate of drug-likeness (QED) is 0.706. The number of rotatable bonds is 5. The molecule has 0 saturated carbocycles. The highest BCUT2D eigenvalue weighted by Gasteiger charge is 2.27. The van der Waals surface area contributed by atoms with Crippen LogP contribution in [0.25, 0.3) is 0 Å². The normalized spacial score (nSPS) is 15.1. The standard InChI is InChI=1S/C20H21ClN2O4S2/c1-12-3-5-16(15(21)9-12)22-20(25)10-13(2)29(26,27)14-4-6-18-17(11-14)23-19(24)7-8-28-18/h3-6,9,11,13H,7-8,10H2,1-2H3,(H,22,25)(H,23,24)/t13-/m1/s1. The van der Waals surface area contributed by atoms with Gasteiger partial charge >= 0.3 is 0 Å². The SMILES string of the molecule is Cc1ccc(NC(=O)C[C@@H](C)S(=O)(=O)c2ccc3c(c2)NC(=O)CCS3)c(Cl)c1. The molecule has 0 bridgehead atoms. The Bertz CT molecular complexity index is 1070. The van der Waals surface area contributed by atoms with Gasteiger partial charge in [-0.25, -0.2) is 8.42 Å². The molecular weight excluding hydrogens is 432 g/mol. The Balaban J connectivity index is 1.75. The van der Waals surface area contributed by atoms with Gasteiger partial charge in [-0.05, 0) is 49.7 Å². The van der Waals surface area contributed by atoms with Crippen molar-refractivity contribution in [2.75, 3.05) is 16.4 Å². The van der Waals surface area contributed by atoms with E-state index in [-0.39, 0.29) is 17.2 Å². The Hall–Kier alpha value is -2.03. The smallest absolute Gasteiger partial charge is 0.225 e. The lowest BCUT2D eigenvalue weighted by Crippen LogP contribution is -2.25. The van der Waals surface area contributed by atoms with E-state index in [0.29, 0.717) is 28.6 Å². The second-order valence-corrected chi connectivity index (χ2v) is 10.8. The largest absolute Gasteiger partial charge is 0.325 e. The number of fused-ring (bicyclic) bond motifs is 1. The predicted molar refractivity (Wildman–Crippen MR) is 116 cm³/mol. The van der Waals surface area contributed by atoms with Gasteiger partial charge in [0.05, 0.1) is 26.5 Å². The number of aryl methyl sites for hydroxylation is 1. The molecule has 0 spiro atoms. The van der Waals surface area contributed by atoms with E-state index in [2.05, 4.69) is 10.6 Å². The molecule has 9 heteroatoms. The molecule has 2 aromatic carbocycles. The van der Waals surface area contributed by atoms with Crippen molar-refractivity contribution < 1.29 is 18.0 Å². The number of nitrogens with one attached hydrogen (secondary N) is 2. The van der Waals surface area contributed by atoms with Crippen LogP contribution in [-0.4, -0.2) is 31.2 Å². The maximum absolute atomic E-state index is 13.0. The number of amides is 2. The van der Waals surface area contributed by atoms with Gasteiger partial charge in [-0.1, -0.05) is 17.7 Å². The van der Waals surface area contributed by atoms with Gasteiger partial charge in [-0.15, -0.1) is 11.8 Å². The summed E-state index contributed by atoms with van der Waals surface area (Å²) in [5.41, 5.74) is 1.88. The lowest BCUT2D eigenvalue weighted by atomic mass is 10.2. The highest BCUT2D eigenvalue weighted by molar-refractivity contribution is 7.99. The van der Waals surface area contributed by atoms with Crippen LogP contribution < -0.4 is 10.6 Å². The molecule has 2 N–H and O–H groups in total. The van der Waals surface area contributed by atoms with Crippen molar-refractivity contribution in [1.82, 2.24) is 0 Å². The third-order valence-corrected chi connectivity index (χ3v) is 8.07. The number of halogens is 1. The highest BCUT2D eigenvalue weighted by atomic mass is 35.5. The highest BCUT2D eigenvalue weighted by Crippen LogP contribution is 2.33. The van der Waals surface area contributed by atoms with Gasteiger partial charge in [0.25, 0.3) is 0 Å². The molecule has 0 unspecified atom stereocenters. The number of sulfone groups is 1. The van der Waals surface area contributed by atoms with Crippen molar-refractivity contribution in [2.24, 2.45) is 0 Å². The number of hydrogen-bond acceptors (Lipinski definition) is 5. The summed E-state index contributed by atoms with van der Waals surface area (Å²) in [5.74, 6) is 0.0574. The van der Waals surface area contributed by atoms with E-state index in [1.54, 1.807) is 18.2 Å². The van der Waals surface area contributed by atoms with E-state index in [1.165, 1.54) is 30.8 Å². The number of carbonyl (C=O) groups excluding carboxylic acids is 2. The fourth-order valence-corrected chi connectivity index (χ4v) is 5.50. The van der Waals surface area contributed by atoms with Gasteiger partial charge in [0, 0.05) is 23.5 Å². The van der Waals surface area contributed by atoms with Gasteiger partial charge in [0.1, 0.15) is 0 Å². The minimum absolute atomic E-state index is 0.0766. The lowest BCUT2D eigenvalue weighted by Gasteiger charge is -2.15. The van der Waals surface area contributed by atoms with Crippen molar-refractivity contribution in [2.45, 2.75) is 41.7 Å². The van der Waals surface area contributed by atoms with Crippen LogP contribution in [-0.2, 0) is 19.4 Å². The Kier molecular flexibility index (Phi) is 6.55. The van der Waals surface area contributed by atoms with Gasteiger partial charge in [-0.3, -0.25) is 9.59 Å². The molecule has 1 aliphatic heterocycles. The minimum atomic E-state index is -3.76. The van der Waals surface area contributed by atoms with E-state index < -0.39 is 21.0 Å². The third kappa shape index (κ3) is 5.12. The molecule has 0 fully saturated rings. The van der Waals surface area contributed by atoms with Crippen LogP contribution >= 0.6 is 23.4 Å². The average molecular weight is 453 g/mol. The van der Waals surface area contributed by atoms with Crippen LogP contribution in [0.5, 0.6) is 0 Å². The molecule has 1 heterocycles. The number of hydrogen-bond donors (Lipinski definition) is 2. The van der Waals surface area contributed by atoms with Crippen LogP contribution in [0.3, 0.4) is 0 Å². The monoisotopic (exact) mass is 452 g/mol. The summed E-state index contributed by atoms with van der Waals surface area (Å²) in [7, 11) is -3.76. The van der Waals surface area contributed by atoms with Crippen molar-refractivity contribution in [3.05, 3.63) is 47.0 Å². The molecule has 0 radical (unpaired) electrons. The van der Waals surface area contributed by atoms with Crippen LogP contribution in [0.2, 0.25) is 5.02 Å². The summed E-state index contributed by atoms with van der Waals surface area (Å²) in [4.78, 5) is 25.0. The molecule has 2 amide bonds. The molecule has 3 rings (SSSR count). The Labute approximate surface area is 179 Å². The summed E-state index contributed by atoms with van der Waals surface area (Å²) in [6, 6.07) is 9.89. The minimum Gasteiger partial charge on any atom is -0.325 e. The number of anilines is 2. The third-order valence-electron chi connectivity index (χ3n) is 4.54. The summed E-state index contributed by atoms with van der Waals surface area (Å²) in [6.07, 6.45) is 0.157.